The molecule has 2 amide bonds. The number of amides is 2. The maximum Gasteiger partial charge on any atom is 0.262 e. The van der Waals surface area contributed by atoms with E-state index in [0.29, 0.717) is 23.5 Å². The van der Waals surface area contributed by atoms with Gasteiger partial charge in [-0.2, -0.15) is 5.10 Å². The highest BCUT2D eigenvalue weighted by atomic mass is 79.9. The third kappa shape index (κ3) is 5.68. The highest BCUT2D eigenvalue weighted by Gasteiger charge is 2.18. The molecule has 0 aliphatic rings. The molecule has 1 heterocycles. The van der Waals surface area contributed by atoms with Crippen LogP contribution in [0, 0.1) is 0 Å². The Morgan fingerprint density at radius 1 is 1.17 bits per heavy atom. The van der Waals surface area contributed by atoms with Crippen molar-refractivity contribution in [3.8, 4) is 5.75 Å². The van der Waals surface area contributed by atoms with Crippen LogP contribution in [0.4, 0.5) is 5.69 Å². The van der Waals surface area contributed by atoms with E-state index in [-0.39, 0.29) is 18.4 Å². The van der Waals surface area contributed by atoms with Crippen LogP contribution in [0.1, 0.15) is 15.9 Å². The maximum atomic E-state index is 12.9. The van der Waals surface area contributed by atoms with Crippen LogP contribution in [0.25, 0.3) is 0 Å². The Bertz CT molecular complexity index is 1000. The summed E-state index contributed by atoms with van der Waals surface area (Å²) in [5.74, 6) is -0.141. The van der Waals surface area contributed by atoms with Crippen molar-refractivity contribution in [1.29, 1.82) is 0 Å². The molecule has 3 aromatic rings. The van der Waals surface area contributed by atoms with E-state index in [1.54, 1.807) is 59.2 Å². The molecule has 0 aliphatic carbocycles. The number of nitrogens with zero attached hydrogens (tertiary/aromatic N) is 3. The fraction of sp³-hybridized carbons (Fsp3) is 0.190. The van der Waals surface area contributed by atoms with Gasteiger partial charge in [-0.25, -0.2) is 0 Å². The zero-order valence-electron chi connectivity index (χ0n) is 16.1. The number of benzene rings is 2. The van der Waals surface area contributed by atoms with Crippen molar-refractivity contribution in [3.63, 3.8) is 0 Å². The van der Waals surface area contributed by atoms with Gasteiger partial charge in [-0.1, -0.05) is 28.1 Å². The van der Waals surface area contributed by atoms with Gasteiger partial charge in [-0.15, -0.1) is 0 Å². The van der Waals surface area contributed by atoms with Crippen molar-refractivity contribution in [2.75, 3.05) is 19.0 Å². The van der Waals surface area contributed by atoms with Gasteiger partial charge in [0, 0.05) is 42.6 Å². The molecule has 3 rings (SSSR count). The van der Waals surface area contributed by atoms with E-state index in [0.717, 1.165) is 10.0 Å². The first-order valence-electron chi connectivity index (χ1n) is 8.92. The Morgan fingerprint density at radius 3 is 2.59 bits per heavy atom. The van der Waals surface area contributed by atoms with Gasteiger partial charge in [-0.05, 0) is 36.4 Å². The Morgan fingerprint density at radius 2 is 1.90 bits per heavy atom. The van der Waals surface area contributed by atoms with Crippen LogP contribution in [0.3, 0.4) is 0 Å². The van der Waals surface area contributed by atoms with Crippen LogP contribution in [0.15, 0.2) is 65.4 Å². The Labute approximate surface area is 177 Å². The second-order valence-corrected chi connectivity index (χ2v) is 7.44. The first-order chi connectivity index (χ1) is 13.9. The van der Waals surface area contributed by atoms with Crippen molar-refractivity contribution in [2.24, 2.45) is 7.05 Å². The van der Waals surface area contributed by atoms with E-state index in [2.05, 4.69) is 26.3 Å². The standard InChI is InChI=1S/C21H21BrN4O3/c1-25(12-15-11-23-26(2)13-15)21(28)18-5-3-4-6-19(18)29-14-20(27)24-17-9-7-16(22)8-10-17/h3-11,13H,12,14H2,1-2H3,(H,24,27). The summed E-state index contributed by atoms with van der Waals surface area (Å²) < 4.78 is 8.25. The number of hydrogen-bond acceptors (Lipinski definition) is 4. The summed E-state index contributed by atoms with van der Waals surface area (Å²) in [6, 6.07) is 14.1. The summed E-state index contributed by atoms with van der Waals surface area (Å²) >= 11 is 3.35. The van der Waals surface area contributed by atoms with E-state index < -0.39 is 0 Å². The molecule has 0 fully saturated rings. The zero-order valence-corrected chi connectivity index (χ0v) is 17.7. The SMILES string of the molecule is CN(Cc1cnn(C)c1)C(=O)c1ccccc1OCC(=O)Nc1ccc(Br)cc1. The van der Waals surface area contributed by atoms with Gasteiger partial charge in [-0.3, -0.25) is 14.3 Å². The molecule has 0 unspecified atom stereocenters. The Balaban J connectivity index is 1.62. The first kappa shape index (κ1) is 20.6. The molecule has 1 aromatic heterocycles. The van der Waals surface area contributed by atoms with Gasteiger partial charge in [0.2, 0.25) is 0 Å². The van der Waals surface area contributed by atoms with Crippen LogP contribution >= 0.6 is 15.9 Å². The van der Waals surface area contributed by atoms with E-state index in [4.69, 9.17) is 4.74 Å². The van der Waals surface area contributed by atoms with Gasteiger partial charge < -0.3 is 15.0 Å². The molecule has 0 atom stereocenters. The Kier molecular flexibility index (Phi) is 6.66. The molecule has 150 valence electrons. The van der Waals surface area contributed by atoms with Gasteiger partial charge in [0.05, 0.1) is 11.8 Å². The lowest BCUT2D eigenvalue weighted by Gasteiger charge is -2.18. The fourth-order valence-corrected chi connectivity index (χ4v) is 3.01. The molecule has 2 aromatic carbocycles. The lowest BCUT2D eigenvalue weighted by molar-refractivity contribution is -0.118. The first-order valence-corrected chi connectivity index (χ1v) is 9.72. The predicted molar refractivity (Wildman–Crippen MR) is 114 cm³/mol. The fourth-order valence-electron chi connectivity index (χ4n) is 2.75. The summed E-state index contributed by atoms with van der Waals surface area (Å²) in [5.41, 5.74) is 1.99. The van der Waals surface area contributed by atoms with E-state index >= 15 is 0 Å². The number of hydrogen-bond donors (Lipinski definition) is 1. The van der Waals surface area contributed by atoms with Crippen LogP contribution in [0.5, 0.6) is 5.75 Å². The Hall–Kier alpha value is -3.13. The number of rotatable bonds is 7. The molecule has 0 aliphatic heterocycles. The number of aryl methyl sites for hydroxylation is 1. The normalized spacial score (nSPS) is 10.4. The minimum atomic E-state index is -0.307. The average molecular weight is 457 g/mol. The lowest BCUT2D eigenvalue weighted by Crippen LogP contribution is -2.27. The molecule has 0 bridgehead atoms. The molecule has 0 saturated carbocycles. The van der Waals surface area contributed by atoms with Crippen molar-refractivity contribution in [3.05, 3.63) is 76.5 Å². The minimum Gasteiger partial charge on any atom is -0.483 e. The zero-order chi connectivity index (χ0) is 20.8. The van der Waals surface area contributed by atoms with E-state index in [1.807, 2.05) is 25.4 Å². The average Bonchev–Trinajstić information content (AvgIpc) is 3.12. The molecule has 29 heavy (non-hydrogen) atoms. The monoisotopic (exact) mass is 456 g/mol. The van der Waals surface area contributed by atoms with Crippen molar-refractivity contribution >= 4 is 33.4 Å². The van der Waals surface area contributed by atoms with Crippen molar-refractivity contribution in [2.45, 2.75) is 6.54 Å². The van der Waals surface area contributed by atoms with Gasteiger partial charge in [0.15, 0.2) is 6.61 Å². The highest BCUT2D eigenvalue weighted by molar-refractivity contribution is 9.10. The number of para-hydroxylation sites is 1. The molecule has 7 nitrogen and oxygen atoms in total. The molecule has 8 heteroatoms. The summed E-state index contributed by atoms with van der Waals surface area (Å²) in [6.45, 7) is 0.220. The van der Waals surface area contributed by atoms with Gasteiger partial charge >= 0.3 is 0 Å². The number of halogens is 1. The van der Waals surface area contributed by atoms with Crippen LogP contribution < -0.4 is 10.1 Å². The number of nitrogens with one attached hydrogen (secondary N) is 1. The van der Waals surface area contributed by atoms with Crippen molar-refractivity contribution in [1.82, 2.24) is 14.7 Å². The van der Waals surface area contributed by atoms with Crippen LogP contribution in [0.2, 0.25) is 0 Å². The second-order valence-electron chi connectivity index (χ2n) is 6.52. The van der Waals surface area contributed by atoms with Crippen LogP contribution in [-0.2, 0) is 18.4 Å². The number of ether oxygens (including phenoxy) is 1. The molecular weight excluding hydrogens is 436 g/mol. The highest BCUT2D eigenvalue weighted by Crippen LogP contribution is 2.21. The van der Waals surface area contributed by atoms with E-state index in [1.165, 1.54) is 0 Å². The summed E-state index contributed by atoms with van der Waals surface area (Å²) in [4.78, 5) is 26.6. The quantitative estimate of drug-likeness (QED) is 0.590. The number of carbonyl (C=O) groups is 2. The lowest BCUT2D eigenvalue weighted by atomic mass is 10.1. The maximum absolute atomic E-state index is 12.9. The third-order valence-corrected chi connectivity index (χ3v) is 4.66. The number of carbonyl (C=O) groups excluding carboxylic acids is 2. The topological polar surface area (TPSA) is 76.5 Å². The summed E-state index contributed by atoms with van der Waals surface area (Å²) in [6.07, 6.45) is 3.58. The largest absolute Gasteiger partial charge is 0.483 e. The smallest absolute Gasteiger partial charge is 0.262 e. The molecule has 0 saturated heterocycles. The van der Waals surface area contributed by atoms with Crippen LogP contribution in [-0.4, -0.2) is 40.1 Å². The van der Waals surface area contributed by atoms with Gasteiger partial charge in [0.25, 0.3) is 11.8 Å². The second kappa shape index (κ2) is 9.38. The molecular formula is C21H21BrN4O3. The summed E-state index contributed by atoms with van der Waals surface area (Å²) in [7, 11) is 3.54. The third-order valence-electron chi connectivity index (χ3n) is 4.13. The molecule has 1 N–H and O–H groups in total. The van der Waals surface area contributed by atoms with Gasteiger partial charge in [0.1, 0.15) is 5.75 Å². The summed E-state index contributed by atoms with van der Waals surface area (Å²) in [5, 5.41) is 6.87. The molecule has 0 spiro atoms. The number of aromatic nitrogens is 2. The van der Waals surface area contributed by atoms with E-state index in [9.17, 15) is 9.59 Å². The number of anilines is 1. The predicted octanol–water partition coefficient (Wildman–Crippen LogP) is 3.47. The van der Waals surface area contributed by atoms with Crippen molar-refractivity contribution < 1.29 is 14.3 Å². The molecule has 0 radical (unpaired) electrons. The minimum absolute atomic E-state index is 0.197.